The van der Waals surface area contributed by atoms with E-state index in [2.05, 4.69) is 17.4 Å². The van der Waals surface area contributed by atoms with Crippen molar-refractivity contribution >= 4 is 17.3 Å². The highest BCUT2D eigenvalue weighted by Gasteiger charge is 1.94. The fraction of sp³-hybridized carbons (Fsp3) is 0.200. The van der Waals surface area contributed by atoms with Gasteiger partial charge in [0.15, 0.2) is 0 Å². The molecule has 0 aliphatic rings. The molecule has 0 spiro atoms. The molecule has 0 aliphatic heterocycles. The smallest absolute Gasteiger partial charge is 0.119 e. The number of rotatable bonds is 6. The molecule has 2 aromatic rings. The molecular formula is C15H16ClNO. The van der Waals surface area contributed by atoms with Crippen LogP contribution in [0, 0.1) is 0 Å². The first-order valence-corrected chi connectivity index (χ1v) is 6.40. The number of ether oxygens (including phenoxy) is 1. The topological polar surface area (TPSA) is 21.3 Å². The van der Waals surface area contributed by atoms with Gasteiger partial charge in [0.1, 0.15) is 5.75 Å². The molecule has 0 saturated carbocycles. The Morgan fingerprint density at radius 1 is 0.944 bits per heavy atom. The lowest BCUT2D eigenvalue weighted by Gasteiger charge is -2.08. The monoisotopic (exact) mass is 261 g/mol. The van der Waals surface area contributed by atoms with E-state index in [1.165, 1.54) is 0 Å². The quantitative estimate of drug-likeness (QED) is 0.786. The molecule has 2 nitrogen and oxygen atoms in total. The van der Waals surface area contributed by atoms with Crippen molar-refractivity contribution in [2.75, 3.05) is 18.5 Å². The predicted octanol–water partition coefficient (Wildman–Crippen LogP) is 4.22. The van der Waals surface area contributed by atoms with Gasteiger partial charge in [0.05, 0.1) is 6.61 Å². The standard InChI is InChI=1S/C15H16ClNO/c16-13-7-9-15(10-8-13)18-12-4-11-17-14-5-2-1-3-6-14/h1-3,5-10,17H,4,11-12H2. The Morgan fingerprint density at radius 2 is 1.67 bits per heavy atom. The molecule has 0 saturated heterocycles. The van der Waals surface area contributed by atoms with E-state index in [1.54, 1.807) is 0 Å². The first-order chi connectivity index (χ1) is 8.84. The maximum Gasteiger partial charge on any atom is 0.119 e. The lowest BCUT2D eigenvalue weighted by Crippen LogP contribution is -2.07. The van der Waals surface area contributed by atoms with Crippen LogP contribution in [-0.2, 0) is 0 Å². The maximum absolute atomic E-state index is 5.80. The Bertz CT molecular complexity index is 456. The Kier molecular flexibility index (Phi) is 4.91. The molecular weight excluding hydrogens is 246 g/mol. The molecule has 0 aromatic heterocycles. The average Bonchev–Trinajstić information content (AvgIpc) is 2.42. The van der Waals surface area contributed by atoms with E-state index in [4.69, 9.17) is 16.3 Å². The van der Waals surface area contributed by atoms with E-state index in [0.717, 1.165) is 29.4 Å². The van der Waals surface area contributed by atoms with Gasteiger partial charge in [0, 0.05) is 17.3 Å². The minimum absolute atomic E-state index is 0.696. The van der Waals surface area contributed by atoms with Gasteiger partial charge in [-0.3, -0.25) is 0 Å². The number of benzene rings is 2. The number of para-hydroxylation sites is 1. The van der Waals surface area contributed by atoms with Crippen molar-refractivity contribution in [1.82, 2.24) is 0 Å². The van der Waals surface area contributed by atoms with Crippen LogP contribution in [0.4, 0.5) is 5.69 Å². The van der Waals surface area contributed by atoms with Crippen LogP contribution in [-0.4, -0.2) is 13.2 Å². The van der Waals surface area contributed by atoms with Crippen LogP contribution in [0.15, 0.2) is 54.6 Å². The molecule has 0 atom stereocenters. The second-order valence-electron chi connectivity index (χ2n) is 3.95. The second-order valence-corrected chi connectivity index (χ2v) is 4.39. The molecule has 0 aliphatic carbocycles. The van der Waals surface area contributed by atoms with Gasteiger partial charge in [-0.2, -0.15) is 0 Å². The molecule has 0 fully saturated rings. The summed E-state index contributed by atoms with van der Waals surface area (Å²) in [7, 11) is 0. The van der Waals surface area contributed by atoms with Gasteiger partial charge in [0.2, 0.25) is 0 Å². The third-order valence-electron chi connectivity index (χ3n) is 2.51. The van der Waals surface area contributed by atoms with Gasteiger partial charge in [-0.25, -0.2) is 0 Å². The average molecular weight is 262 g/mol. The summed E-state index contributed by atoms with van der Waals surface area (Å²) in [5, 5.41) is 4.07. The Balaban J connectivity index is 1.63. The molecule has 94 valence electrons. The zero-order valence-electron chi connectivity index (χ0n) is 10.1. The number of hydrogen-bond donors (Lipinski definition) is 1. The summed E-state index contributed by atoms with van der Waals surface area (Å²) in [6.45, 7) is 1.60. The highest BCUT2D eigenvalue weighted by molar-refractivity contribution is 6.30. The molecule has 0 heterocycles. The van der Waals surface area contributed by atoms with Gasteiger partial charge in [-0.05, 0) is 42.8 Å². The van der Waals surface area contributed by atoms with E-state index in [-0.39, 0.29) is 0 Å². The van der Waals surface area contributed by atoms with Gasteiger partial charge >= 0.3 is 0 Å². The lowest BCUT2D eigenvalue weighted by atomic mass is 10.3. The summed E-state index contributed by atoms with van der Waals surface area (Å²) < 4.78 is 5.60. The number of halogens is 1. The molecule has 3 heteroatoms. The van der Waals surface area contributed by atoms with Crippen molar-refractivity contribution in [3.63, 3.8) is 0 Å². The van der Waals surface area contributed by atoms with Crippen molar-refractivity contribution in [2.24, 2.45) is 0 Å². The summed E-state index contributed by atoms with van der Waals surface area (Å²) in [6, 6.07) is 17.6. The van der Waals surface area contributed by atoms with Crippen molar-refractivity contribution in [3.05, 3.63) is 59.6 Å². The molecule has 2 rings (SSSR count). The molecule has 0 radical (unpaired) electrons. The normalized spacial score (nSPS) is 10.1. The van der Waals surface area contributed by atoms with Crippen molar-refractivity contribution in [2.45, 2.75) is 6.42 Å². The van der Waals surface area contributed by atoms with Gasteiger partial charge < -0.3 is 10.1 Å². The van der Waals surface area contributed by atoms with E-state index in [1.807, 2.05) is 42.5 Å². The Labute approximate surface area is 113 Å². The molecule has 2 aromatic carbocycles. The zero-order chi connectivity index (χ0) is 12.6. The summed E-state index contributed by atoms with van der Waals surface area (Å²) in [4.78, 5) is 0. The zero-order valence-corrected chi connectivity index (χ0v) is 10.9. The van der Waals surface area contributed by atoms with E-state index in [0.29, 0.717) is 6.61 Å². The Hall–Kier alpha value is -1.67. The molecule has 0 bridgehead atoms. The lowest BCUT2D eigenvalue weighted by molar-refractivity contribution is 0.315. The van der Waals surface area contributed by atoms with E-state index >= 15 is 0 Å². The largest absolute Gasteiger partial charge is 0.494 e. The maximum atomic E-state index is 5.80. The number of anilines is 1. The fourth-order valence-corrected chi connectivity index (χ4v) is 1.71. The minimum Gasteiger partial charge on any atom is -0.494 e. The Morgan fingerprint density at radius 3 is 2.39 bits per heavy atom. The number of hydrogen-bond acceptors (Lipinski definition) is 2. The van der Waals surface area contributed by atoms with Gasteiger partial charge in [-0.15, -0.1) is 0 Å². The first kappa shape index (κ1) is 12.8. The van der Waals surface area contributed by atoms with Crippen LogP contribution < -0.4 is 10.1 Å². The summed E-state index contributed by atoms with van der Waals surface area (Å²) in [5.41, 5.74) is 1.14. The highest BCUT2D eigenvalue weighted by Crippen LogP contribution is 2.15. The van der Waals surface area contributed by atoms with Gasteiger partial charge in [0.25, 0.3) is 0 Å². The van der Waals surface area contributed by atoms with E-state index < -0.39 is 0 Å². The summed E-state index contributed by atoms with van der Waals surface area (Å²) in [6.07, 6.45) is 0.956. The molecule has 18 heavy (non-hydrogen) atoms. The third-order valence-corrected chi connectivity index (χ3v) is 2.76. The van der Waals surface area contributed by atoms with Crippen molar-refractivity contribution in [1.29, 1.82) is 0 Å². The molecule has 0 unspecified atom stereocenters. The van der Waals surface area contributed by atoms with Crippen LogP contribution >= 0.6 is 11.6 Å². The van der Waals surface area contributed by atoms with Gasteiger partial charge in [-0.1, -0.05) is 29.8 Å². The van der Waals surface area contributed by atoms with Crippen LogP contribution in [0.25, 0.3) is 0 Å². The SMILES string of the molecule is Clc1ccc(OCCCNc2ccccc2)cc1. The first-order valence-electron chi connectivity index (χ1n) is 6.02. The fourth-order valence-electron chi connectivity index (χ4n) is 1.58. The number of nitrogens with one attached hydrogen (secondary N) is 1. The molecule has 0 amide bonds. The predicted molar refractivity (Wildman–Crippen MR) is 76.5 cm³/mol. The summed E-state index contributed by atoms with van der Waals surface area (Å²) >= 11 is 5.80. The van der Waals surface area contributed by atoms with Crippen LogP contribution in [0.5, 0.6) is 5.75 Å². The highest BCUT2D eigenvalue weighted by atomic mass is 35.5. The van der Waals surface area contributed by atoms with Crippen molar-refractivity contribution in [3.8, 4) is 5.75 Å². The van der Waals surface area contributed by atoms with Crippen LogP contribution in [0.3, 0.4) is 0 Å². The second kappa shape index (κ2) is 6.92. The summed E-state index contributed by atoms with van der Waals surface area (Å²) in [5.74, 6) is 0.860. The van der Waals surface area contributed by atoms with E-state index in [9.17, 15) is 0 Å². The van der Waals surface area contributed by atoms with Crippen LogP contribution in [0.2, 0.25) is 5.02 Å². The molecule has 1 N–H and O–H groups in total. The third kappa shape index (κ3) is 4.30. The minimum atomic E-state index is 0.696. The van der Waals surface area contributed by atoms with Crippen LogP contribution in [0.1, 0.15) is 6.42 Å². The van der Waals surface area contributed by atoms with Crippen molar-refractivity contribution < 1.29 is 4.74 Å².